The normalized spacial score (nSPS) is 7.91. The predicted octanol–water partition coefficient (Wildman–Crippen LogP) is -0.908. The molecule has 0 heterocycles. The van der Waals surface area contributed by atoms with Crippen LogP contribution in [0.5, 0.6) is 0 Å². The minimum absolute atomic E-state index is 0.181. The van der Waals surface area contributed by atoms with Gasteiger partial charge in [0.1, 0.15) is 6.42 Å². The Balaban J connectivity index is 0. The van der Waals surface area contributed by atoms with Gasteiger partial charge in [0.2, 0.25) is 5.91 Å². The van der Waals surface area contributed by atoms with Gasteiger partial charge in [0.25, 0.3) is 0 Å². The first kappa shape index (κ1) is 12.5. The number of primary amides is 1. The Morgan fingerprint density at radius 2 is 2.09 bits per heavy atom. The Kier molecular flexibility index (Phi) is 10.1. The van der Waals surface area contributed by atoms with Crippen LogP contribution in [0.2, 0.25) is 0 Å². The lowest BCUT2D eigenvalue weighted by atomic mass is 10.5. The van der Waals surface area contributed by atoms with Gasteiger partial charge >= 0.3 is 0 Å². The third-order valence-electron chi connectivity index (χ3n) is 0.618. The van der Waals surface area contributed by atoms with Gasteiger partial charge in [0.15, 0.2) is 6.29 Å². The number of hydrogen-bond acceptors (Lipinski definition) is 4. The average molecular weight is 160 g/mol. The van der Waals surface area contributed by atoms with Gasteiger partial charge in [0, 0.05) is 0 Å². The largest absolute Gasteiger partial charge is 0.369 e. The molecule has 5 heteroatoms. The van der Waals surface area contributed by atoms with Crippen molar-refractivity contribution >= 4 is 5.91 Å². The molecule has 0 aromatic heterocycles. The van der Waals surface area contributed by atoms with Crippen LogP contribution in [0.15, 0.2) is 0 Å². The van der Waals surface area contributed by atoms with Crippen LogP contribution in [0.4, 0.5) is 0 Å². The lowest BCUT2D eigenvalue weighted by molar-refractivity contribution is -0.117. The Morgan fingerprint density at radius 3 is 2.09 bits per heavy atom. The molecular formula is C6H12N2O3. The molecule has 0 aromatic rings. The minimum atomic E-state index is -1.12. The molecule has 0 saturated heterocycles. The maximum absolute atomic E-state index is 9.60. The number of carbonyl (C=O) groups excluding carboxylic acids is 1. The van der Waals surface area contributed by atoms with E-state index in [-0.39, 0.29) is 6.42 Å². The van der Waals surface area contributed by atoms with E-state index in [0.717, 1.165) is 0 Å². The van der Waals surface area contributed by atoms with E-state index in [2.05, 4.69) is 5.73 Å². The van der Waals surface area contributed by atoms with Gasteiger partial charge in [0.05, 0.1) is 6.07 Å². The summed E-state index contributed by atoms with van der Waals surface area (Å²) in [4.78, 5) is 9.60. The van der Waals surface area contributed by atoms with E-state index in [9.17, 15) is 4.79 Å². The zero-order valence-electron chi connectivity index (χ0n) is 6.32. The topological polar surface area (TPSA) is 107 Å². The number of nitriles is 1. The summed E-state index contributed by atoms with van der Waals surface area (Å²) >= 11 is 0. The summed E-state index contributed by atoms with van der Waals surface area (Å²) in [6.07, 6.45) is -0.880. The third kappa shape index (κ3) is 27.9. The van der Waals surface area contributed by atoms with Crippen molar-refractivity contribution in [3.8, 4) is 6.07 Å². The van der Waals surface area contributed by atoms with Gasteiger partial charge in [-0.2, -0.15) is 5.26 Å². The lowest BCUT2D eigenvalue weighted by Gasteiger charge is -1.90. The predicted molar refractivity (Wildman–Crippen MR) is 37.9 cm³/mol. The lowest BCUT2D eigenvalue weighted by Crippen LogP contribution is -2.07. The SMILES string of the molecule is CCC(O)O.N#CCC(N)=O. The Bertz CT molecular complexity index is 139. The van der Waals surface area contributed by atoms with Crippen LogP contribution in [0.25, 0.3) is 0 Å². The van der Waals surface area contributed by atoms with E-state index in [1.165, 1.54) is 0 Å². The third-order valence-corrected chi connectivity index (χ3v) is 0.618. The van der Waals surface area contributed by atoms with E-state index in [0.29, 0.717) is 6.42 Å². The summed E-state index contributed by atoms with van der Waals surface area (Å²) in [5, 5.41) is 23.5. The van der Waals surface area contributed by atoms with Gasteiger partial charge < -0.3 is 15.9 Å². The monoisotopic (exact) mass is 160 g/mol. The molecule has 0 rings (SSSR count). The smallest absolute Gasteiger partial charge is 0.231 e. The minimum Gasteiger partial charge on any atom is -0.369 e. The Labute approximate surface area is 65.1 Å². The van der Waals surface area contributed by atoms with Crippen molar-refractivity contribution in [3.05, 3.63) is 0 Å². The molecule has 0 bridgehead atoms. The zero-order valence-corrected chi connectivity index (χ0v) is 6.32. The molecule has 0 aliphatic rings. The number of aliphatic hydroxyl groups is 2. The first-order valence-corrected chi connectivity index (χ1v) is 3.06. The molecule has 0 saturated carbocycles. The maximum Gasteiger partial charge on any atom is 0.231 e. The maximum atomic E-state index is 9.60. The van der Waals surface area contributed by atoms with Crippen LogP contribution in [-0.4, -0.2) is 22.4 Å². The number of rotatable bonds is 2. The number of nitrogens with zero attached hydrogens (tertiary/aromatic N) is 1. The standard InChI is InChI=1S/C3H4N2O.C3H8O2/c4-2-1-3(5)6;1-2-3(4)5/h1H2,(H2,5,6);3-5H,2H2,1H3. The van der Waals surface area contributed by atoms with Gasteiger partial charge in [-0.1, -0.05) is 6.92 Å². The quantitative estimate of drug-likeness (QED) is 0.454. The number of carbonyl (C=O) groups is 1. The van der Waals surface area contributed by atoms with Crippen molar-refractivity contribution in [3.63, 3.8) is 0 Å². The van der Waals surface area contributed by atoms with Gasteiger partial charge in [-0.15, -0.1) is 0 Å². The Hall–Kier alpha value is -1.12. The fourth-order valence-corrected chi connectivity index (χ4v) is 0.0779. The first-order valence-electron chi connectivity index (χ1n) is 3.06. The second-order valence-electron chi connectivity index (χ2n) is 1.69. The number of nitrogens with two attached hydrogens (primary N) is 1. The molecule has 64 valence electrons. The van der Waals surface area contributed by atoms with E-state index < -0.39 is 12.2 Å². The summed E-state index contributed by atoms with van der Waals surface area (Å²) in [7, 11) is 0. The molecule has 0 aliphatic heterocycles. The molecule has 0 unspecified atom stereocenters. The van der Waals surface area contributed by atoms with E-state index in [1.807, 2.05) is 0 Å². The summed E-state index contributed by atoms with van der Waals surface area (Å²) in [6.45, 7) is 1.70. The fourth-order valence-electron chi connectivity index (χ4n) is 0.0779. The highest BCUT2D eigenvalue weighted by Gasteiger charge is 1.84. The van der Waals surface area contributed by atoms with Crippen LogP contribution < -0.4 is 5.73 Å². The second kappa shape index (κ2) is 8.88. The molecule has 5 nitrogen and oxygen atoms in total. The van der Waals surface area contributed by atoms with Crippen molar-refractivity contribution in [1.82, 2.24) is 0 Å². The summed E-state index contributed by atoms with van der Waals surface area (Å²) in [5.74, 6) is -0.572. The van der Waals surface area contributed by atoms with Gasteiger partial charge in [-0.3, -0.25) is 4.79 Å². The molecule has 1 amide bonds. The summed E-state index contributed by atoms with van der Waals surface area (Å²) in [6, 6.07) is 1.59. The highest BCUT2D eigenvalue weighted by molar-refractivity contribution is 5.75. The highest BCUT2D eigenvalue weighted by atomic mass is 16.5. The van der Waals surface area contributed by atoms with Crippen LogP contribution >= 0.6 is 0 Å². The summed E-state index contributed by atoms with van der Waals surface area (Å²) in [5.41, 5.74) is 4.54. The fraction of sp³-hybridized carbons (Fsp3) is 0.667. The van der Waals surface area contributed by atoms with E-state index >= 15 is 0 Å². The number of hydrogen-bond donors (Lipinski definition) is 3. The molecule has 0 aromatic carbocycles. The molecule has 0 spiro atoms. The molecule has 0 fully saturated rings. The molecular weight excluding hydrogens is 148 g/mol. The highest BCUT2D eigenvalue weighted by Crippen LogP contribution is 1.77. The van der Waals surface area contributed by atoms with Crippen LogP contribution in [0, 0.1) is 11.3 Å². The van der Waals surface area contributed by atoms with Gasteiger partial charge in [-0.05, 0) is 6.42 Å². The Morgan fingerprint density at radius 1 is 1.73 bits per heavy atom. The van der Waals surface area contributed by atoms with Crippen molar-refractivity contribution in [2.24, 2.45) is 5.73 Å². The molecule has 0 aliphatic carbocycles. The molecule has 4 N–H and O–H groups in total. The van der Waals surface area contributed by atoms with Crippen molar-refractivity contribution in [2.75, 3.05) is 0 Å². The first-order chi connectivity index (χ1) is 5.04. The van der Waals surface area contributed by atoms with Crippen molar-refractivity contribution in [1.29, 1.82) is 5.26 Å². The summed E-state index contributed by atoms with van der Waals surface area (Å²) < 4.78 is 0. The van der Waals surface area contributed by atoms with Crippen LogP contribution in [0.1, 0.15) is 19.8 Å². The molecule has 0 radical (unpaired) electrons. The van der Waals surface area contributed by atoms with Gasteiger partial charge in [-0.25, -0.2) is 0 Å². The molecule has 0 atom stereocenters. The van der Waals surface area contributed by atoms with Crippen LogP contribution in [0.3, 0.4) is 0 Å². The average Bonchev–Trinajstić information content (AvgIpc) is 1.89. The van der Waals surface area contributed by atoms with E-state index in [1.54, 1.807) is 13.0 Å². The number of amides is 1. The van der Waals surface area contributed by atoms with Crippen molar-refractivity contribution < 1.29 is 15.0 Å². The van der Waals surface area contributed by atoms with E-state index in [4.69, 9.17) is 15.5 Å². The van der Waals surface area contributed by atoms with Crippen LogP contribution in [-0.2, 0) is 4.79 Å². The molecule has 11 heavy (non-hydrogen) atoms. The second-order valence-corrected chi connectivity index (χ2v) is 1.69. The van der Waals surface area contributed by atoms with Crippen molar-refractivity contribution in [2.45, 2.75) is 26.1 Å². The number of aliphatic hydroxyl groups excluding tert-OH is 1. The zero-order chi connectivity index (χ0) is 9.28.